The van der Waals surface area contributed by atoms with E-state index in [1.807, 2.05) is 32.9 Å². The molecule has 0 saturated carbocycles. The molecule has 3 N–H and O–H groups in total. The van der Waals surface area contributed by atoms with Crippen LogP contribution in [-0.4, -0.2) is 78.6 Å². The number of likely N-dealkylation sites (tertiary alicyclic amines) is 1. The number of halogens is 1. The van der Waals surface area contributed by atoms with Crippen LogP contribution in [0.5, 0.6) is 6.01 Å². The minimum Gasteiger partial charge on any atom is -0.462 e. The largest absolute Gasteiger partial charge is 0.462 e. The SMILES string of the molecule is [B]c1c(N)cc(C)c(C=C(C)C)c1-c1nc2c3c(nc(OC[C@@H]4CCC(CC)N4CCC)nc3c1F)N1CCNCC1C(C)C2. The number of benzene rings is 1. The first-order chi connectivity index (χ1) is 21.6. The number of ether oxygens (including phenoxy) is 1. The number of hydrogen-bond donors (Lipinski definition) is 2. The number of hydrogen-bond acceptors (Lipinski definition) is 8. The van der Waals surface area contributed by atoms with E-state index in [1.54, 1.807) is 0 Å². The Balaban J connectivity index is 1.53. The van der Waals surface area contributed by atoms with E-state index in [0.717, 1.165) is 74.3 Å². The van der Waals surface area contributed by atoms with E-state index in [1.165, 1.54) is 0 Å². The molecule has 3 aliphatic heterocycles. The first-order valence-corrected chi connectivity index (χ1v) is 16.7. The van der Waals surface area contributed by atoms with Gasteiger partial charge < -0.3 is 20.7 Å². The van der Waals surface area contributed by atoms with E-state index in [0.29, 0.717) is 47.0 Å². The van der Waals surface area contributed by atoms with E-state index in [2.05, 4.69) is 35.9 Å². The summed E-state index contributed by atoms with van der Waals surface area (Å²) < 4.78 is 23.5. The quantitative estimate of drug-likeness (QED) is 0.274. The van der Waals surface area contributed by atoms with Gasteiger partial charge in [-0.1, -0.05) is 37.9 Å². The van der Waals surface area contributed by atoms with Crippen LogP contribution in [0.4, 0.5) is 15.9 Å². The number of rotatable bonds is 8. The number of pyridine rings is 1. The Morgan fingerprint density at radius 1 is 1.20 bits per heavy atom. The molecule has 0 amide bonds. The Bertz CT molecular complexity index is 1620. The second-order valence-corrected chi connectivity index (χ2v) is 13.5. The highest BCUT2D eigenvalue weighted by molar-refractivity contribution is 6.40. The molecule has 3 unspecified atom stereocenters. The van der Waals surface area contributed by atoms with E-state index in [4.69, 9.17) is 33.3 Å². The number of nitrogen functional groups attached to an aromatic ring is 1. The van der Waals surface area contributed by atoms with Gasteiger partial charge >= 0.3 is 6.01 Å². The number of aryl methyl sites for hydroxylation is 1. The van der Waals surface area contributed by atoms with Crippen LogP contribution in [0, 0.1) is 18.7 Å². The highest BCUT2D eigenvalue weighted by atomic mass is 19.1. The summed E-state index contributed by atoms with van der Waals surface area (Å²) in [5.74, 6) is 0.432. The lowest BCUT2D eigenvalue weighted by Crippen LogP contribution is -2.54. The minimum atomic E-state index is -0.525. The third-order valence-electron chi connectivity index (χ3n) is 9.99. The number of fused-ring (bicyclic) bond motifs is 2. The molecule has 6 rings (SSSR count). The Hall–Kier alpha value is -3.24. The minimum absolute atomic E-state index is 0.175. The van der Waals surface area contributed by atoms with Crippen molar-refractivity contribution >= 4 is 41.8 Å². The maximum Gasteiger partial charge on any atom is 0.319 e. The summed E-state index contributed by atoms with van der Waals surface area (Å²) in [5.41, 5.74) is 11.6. The Labute approximate surface area is 268 Å². The predicted octanol–water partition coefficient (Wildman–Crippen LogP) is 4.94. The second kappa shape index (κ2) is 12.9. The topological polar surface area (TPSA) is 92.4 Å². The van der Waals surface area contributed by atoms with Crippen LogP contribution in [0.3, 0.4) is 0 Å². The molecular formula is C35H47BFN7O. The molecule has 0 aliphatic carbocycles. The van der Waals surface area contributed by atoms with Crippen molar-refractivity contribution in [2.45, 2.75) is 91.8 Å². The Morgan fingerprint density at radius 2 is 1.98 bits per heavy atom. The van der Waals surface area contributed by atoms with E-state index in [9.17, 15) is 0 Å². The van der Waals surface area contributed by atoms with Crippen LogP contribution in [-0.2, 0) is 6.42 Å². The number of nitrogens with one attached hydrogen (secondary N) is 1. The summed E-state index contributed by atoms with van der Waals surface area (Å²) in [4.78, 5) is 19.8. The first kappa shape index (κ1) is 31.7. The molecule has 2 fully saturated rings. The van der Waals surface area contributed by atoms with Crippen LogP contribution in [0.1, 0.15) is 77.1 Å². The zero-order chi connectivity index (χ0) is 32.0. The van der Waals surface area contributed by atoms with Crippen LogP contribution in [0.25, 0.3) is 28.2 Å². The molecule has 3 aromatic rings. The van der Waals surface area contributed by atoms with Crippen LogP contribution < -0.4 is 26.2 Å². The van der Waals surface area contributed by atoms with Crippen molar-refractivity contribution < 1.29 is 9.13 Å². The molecule has 8 nitrogen and oxygen atoms in total. The molecule has 0 bridgehead atoms. The zero-order valence-electron chi connectivity index (χ0n) is 27.7. The smallest absolute Gasteiger partial charge is 0.319 e. The molecule has 2 saturated heterocycles. The molecule has 10 heteroatoms. The summed E-state index contributed by atoms with van der Waals surface area (Å²) in [6.45, 7) is 16.6. The van der Waals surface area contributed by atoms with E-state index >= 15 is 4.39 Å². The van der Waals surface area contributed by atoms with Gasteiger partial charge in [-0.2, -0.15) is 9.97 Å². The number of nitrogens with two attached hydrogens (primary N) is 1. The molecule has 45 heavy (non-hydrogen) atoms. The predicted molar refractivity (Wildman–Crippen MR) is 183 cm³/mol. The Kier molecular flexibility index (Phi) is 9.08. The number of allylic oxidation sites excluding steroid dienone is 1. The highest BCUT2D eigenvalue weighted by Gasteiger charge is 2.37. The van der Waals surface area contributed by atoms with Crippen molar-refractivity contribution in [2.75, 3.05) is 43.4 Å². The van der Waals surface area contributed by atoms with Crippen LogP contribution in [0.15, 0.2) is 11.6 Å². The van der Waals surface area contributed by atoms with Gasteiger partial charge in [0.1, 0.15) is 31.5 Å². The molecule has 238 valence electrons. The molecule has 5 heterocycles. The van der Waals surface area contributed by atoms with Gasteiger partial charge in [0.25, 0.3) is 0 Å². The second-order valence-electron chi connectivity index (χ2n) is 13.5. The summed E-state index contributed by atoms with van der Waals surface area (Å²) in [6, 6.07) is 3.10. The fraction of sp³-hybridized carbons (Fsp3) is 0.571. The number of anilines is 2. The van der Waals surface area contributed by atoms with Gasteiger partial charge in [0.2, 0.25) is 0 Å². The van der Waals surface area contributed by atoms with Gasteiger partial charge in [-0.05, 0) is 82.5 Å². The van der Waals surface area contributed by atoms with Gasteiger partial charge in [-0.15, -0.1) is 0 Å². The summed E-state index contributed by atoms with van der Waals surface area (Å²) in [7, 11) is 6.63. The van der Waals surface area contributed by atoms with E-state index in [-0.39, 0.29) is 35.2 Å². The lowest BCUT2D eigenvalue weighted by Gasteiger charge is -2.39. The number of piperazine rings is 1. The molecule has 0 spiro atoms. The van der Waals surface area contributed by atoms with Gasteiger partial charge in [-0.3, -0.25) is 4.90 Å². The average Bonchev–Trinajstić information content (AvgIpc) is 3.36. The fourth-order valence-corrected chi connectivity index (χ4v) is 7.76. The Morgan fingerprint density at radius 3 is 2.71 bits per heavy atom. The van der Waals surface area contributed by atoms with Gasteiger partial charge in [0.05, 0.1) is 11.1 Å². The third kappa shape index (κ3) is 5.80. The third-order valence-corrected chi connectivity index (χ3v) is 9.99. The van der Waals surface area contributed by atoms with Crippen molar-refractivity contribution in [3.8, 4) is 17.3 Å². The molecule has 2 radical (unpaired) electrons. The first-order valence-electron chi connectivity index (χ1n) is 16.7. The molecular weight excluding hydrogens is 564 g/mol. The summed E-state index contributed by atoms with van der Waals surface area (Å²) in [5, 5.41) is 4.21. The standard InChI is InChI=1S/C35H47BFN7O/c1-7-12-43-22(8-2)9-10-23(43)18-45-35-41-33-29-26(16-21(6)27-17-39-11-13-44(27)34(29)42-35)40-32(31(33)37)28-24(14-19(3)4)20(5)15-25(38)30(28)36/h14-15,21-23,27,39H,7-13,16-18,38H2,1-6H3/t21?,22?,23-,27?/m0/s1. The van der Waals surface area contributed by atoms with Gasteiger partial charge in [-0.25, -0.2) is 9.37 Å². The monoisotopic (exact) mass is 611 g/mol. The maximum atomic E-state index is 17.1. The maximum absolute atomic E-state index is 17.1. The summed E-state index contributed by atoms with van der Waals surface area (Å²) >= 11 is 0. The summed E-state index contributed by atoms with van der Waals surface area (Å²) in [6.07, 6.45) is 7.14. The molecule has 2 aromatic heterocycles. The van der Waals surface area contributed by atoms with Crippen molar-refractivity contribution in [3.05, 3.63) is 34.3 Å². The number of aromatic nitrogens is 3. The zero-order valence-corrected chi connectivity index (χ0v) is 27.7. The van der Waals surface area contributed by atoms with Crippen molar-refractivity contribution in [1.82, 2.24) is 25.2 Å². The lowest BCUT2D eigenvalue weighted by molar-refractivity contribution is 0.132. The van der Waals surface area contributed by atoms with Crippen molar-refractivity contribution in [3.63, 3.8) is 0 Å². The lowest BCUT2D eigenvalue weighted by atomic mass is 9.81. The van der Waals surface area contributed by atoms with Crippen molar-refractivity contribution in [2.24, 2.45) is 5.92 Å². The van der Waals surface area contributed by atoms with Gasteiger partial charge in [0, 0.05) is 49.0 Å². The molecule has 1 aromatic carbocycles. The van der Waals surface area contributed by atoms with Crippen molar-refractivity contribution in [1.29, 1.82) is 0 Å². The normalized spacial score (nSPS) is 23.2. The molecule has 4 atom stereocenters. The van der Waals surface area contributed by atoms with E-state index < -0.39 is 5.82 Å². The van der Waals surface area contributed by atoms with Crippen LogP contribution in [0.2, 0.25) is 0 Å². The van der Waals surface area contributed by atoms with Gasteiger partial charge in [0.15, 0.2) is 5.82 Å². The molecule has 3 aliphatic rings. The number of nitrogens with zero attached hydrogens (tertiary/aromatic N) is 5. The average molecular weight is 612 g/mol. The fourth-order valence-electron chi connectivity index (χ4n) is 7.76. The van der Waals surface area contributed by atoms with Crippen LogP contribution >= 0.6 is 0 Å². The highest BCUT2D eigenvalue weighted by Crippen LogP contribution is 2.41.